The largest absolute Gasteiger partial charge is 0.333 e. The maximum atomic E-state index is 6.29. The van der Waals surface area contributed by atoms with Gasteiger partial charge in [0, 0.05) is 4.47 Å². The minimum Gasteiger partial charge on any atom is -0.333 e. The molecule has 0 radical (unpaired) electrons. The topological polar surface area (TPSA) is 64.9 Å². The molecular weight excluding hydrogens is 302 g/mol. The van der Waals surface area contributed by atoms with Crippen LogP contribution < -0.4 is 5.73 Å². The summed E-state index contributed by atoms with van der Waals surface area (Å²) in [6.45, 7) is 0. The number of thiophene rings is 1. The average Bonchev–Trinajstić information content (AvgIpc) is 2.97. The molecule has 2 aromatic rings. The lowest BCUT2D eigenvalue weighted by molar-refractivity contribution is 0.373. The zero-order valence-corrected chi connectivity index (χ0v) is 11.6. The van der Waals surface area contributed by atoms with Gasteiger partial charge in [0.15, 0.2) is 5.82 Å². The third kappa shape index (κ3) is 1.94. The van der Waals surface area contributed by atoms with E-state index < -0.39 is 0 Å². The first-order valence-corrected chi connectivity index (χ1v) is 7.23. The molecule has 0 spiro atoms. The van der Waals surface area contributed by atoms with Crippen molar-refractivity contribution in [2.45, 2.75) is 31.2 Å². The molecule has 6 heteroatoms. The minimum absolute atomic E-state index is 0.383. The van der Waals surface area contributed by atoms with Gasteiger partial charge in [-0.2, -0.15) is 4.98 Å². The summed E-state index contributed by atoms with van der Waals surface area (Å²) in [5.74, 6) is 1.20. The number of hydrogen-bond donors (Lipinski definition) is 1. The Morgan fingerprint density at radius 1 is 1.41 bits per heavy atom. The smallest absolute Gasteiger partial charge is 0.269 e. The Balaban J connectivity index is 1.96. The van der Waals surface area contributed by atoms with Crippen molar-refractivity contribution in [3.63, 3.8) is 0 Å². The number of rotatable bonds is 2. The highest BCUT2D eigenvalue weighted by Gasteiger charge is 2.36. The maximum Gasteiger partial charge on any atom is 0.269 e. The van der Waals surface area contributed by atoms with E-state index in [4.69, 9.17) is 10.3 Å². The standard InChI is InChI=1S/C11H12BrN3OS/c12-7-3-6-17-8(7)9-14-10(15-16-9)11(13)4-1-2-5-11/h3,6H,1-2,4-5,13H2. The lowest BCUT2D eigenvalue weighted by atomic mass is 9.99. The predicted octanol–water partition coefficient (Wildman–Crippen LogP) is 3.29. The van der Waals surface area contributed by atoms with E-state index in [1.807, 2.05) is 11.4 Å². The molecule has 0 atom stereocenters. The van der Waals surface area contributed by atoms with Crippen molar-refractivity contribution in [2.24, 2.45) is 5.73 Å². The molecule has 90 valence electrons. The van der Waals surface area contributed by atoms with Crippen molar-refractivity contribution in [1.82, 2.24) is 10.1 Å². The fourth-order valence-corrected chi connectivity index (χ4v) is 3.66. The molecule has 2 N–H and O–H groups in total. The van der Waals surface area contributed by atoms with E-state index in [2.05, 4.69) is 26.1 Å². The van der Waals surface area contributed by atoms with Gasteiger partial charge in [-0.25, -0.2) is 0 Å². The van der Waals surface area contributed by atoms with Crippen molar-refractivity contribution in [1.29, 1.82) is 0 Å². The predicted molar refractivity (Wildman–Crippen MR) is 69.6 cm³/mol. The van der Waals surface area contributed by atoms with Gasteiger partial charge in [-0.05, 0) is 40.2 Å². The van der Waals surface area contributed by atoms with Gasteiger partial charge in [0.05, 0.1) is 5.54 Å². The van der Waals surface area contributed by atoms with Crippen molar-refractivity contribution in [3.8, 4) is 10.8 Å². The van der Waals surface area contributed by atoms with Crippen LogP contribution in [-0.4, -0.2) is 10.1 Å². The molecule has 0 aromatic carbocycles. The summed E-state index contributed by atoms with van der Waals surface area (Å²) in [6.07, 6.45) is 4.17. The van der Waals surface area contributed by atoms with Gasteiger partial charge < -0.3 is 10.3 Å². The molecule has 2 aromatic heterocycles. The summed E-state index contributed by atoms with van der Waals surface area (Å²) in [5, 5.41) is 6.02. The van der Waals surface area contributed by atoms with Gasteiger partial charge in [-0.1, -0.05) is 18.0 Å². The zero-order valence-electron chi connectivity index (χ0n) is 9.15. The second-order valence-corrected chi connectivity index (χ2v) is 6.15. The first kappa shape index (κ1) is 11.4. The maximum absolute atomic E-state index is 6.29. The van der Waals surface area contributed by atoms with E-state index >= 15 is 0 Å². The molecular formula is C11H12BrN3OS. The molecule has 4 nitrogen and oxygen atoms in total. The highest BCUT2D eigenvalue weighted by Crippen LogP contribution is 2.37. The summed E-state index contributed by atoms with van der Waals surface area (Å²) in [6, 6.07) is 1.97. The van der Waals surface area contributed by atoms with Crippen molar-refractivity contribution >= 4 is 27.3 Å². The average molecular weight is 314 g/mol. The normalized spacial score (nSPS) is 18.7. The minimum atomic E-state index is -0.383. The quantitative estimate of drug-likeness (QED) is 0.924. The third-order valence-electron chi connectivity index (χ3n) is 3.18. The van der Waals surface area contributed by atoms with Crippen LogP contribution in [0.25, 0.3) is 10.8 Å². The molecule has 0 aliphatic heterocycles. The SMILES string of the molecule is NC1(c2noc(-c3sccc3Br)n2)CCCC1. The molecule has 0 bridgehead atoms. The fourth-order valence-electron chi connectivity index (χ4n) is 2.19. The first-order valence-electron chi connectivity index (χ1n) is 5.55. The molecule has 1 aliphatic carbocycles. The van der Waals surface area contributed by atoms with Crippen molar-refractivity contribution in [2.75, 3.05) is 0 Å². The number of hydrogen-bond acceptors (Lipinski definition) is 5. The lowest BCUT2D eigenvalue weighted by Crippen LogP contribution is -2.34. The molecule has 1 fully saturated rings. The Bertz CT molecular complexity index is 530. The summed E-state index contributed by atoms with van der Waals surface area (Å²) in [5.41, 5.74) is 5.91. The van der Waals surface area contributed by atoms with Gasteiger partial charge in [-0.15, -0.1) is 11.3 Å². The fraction of sp³-hybridized carbons (Fsp3) is 0.455. The van der Waals surface area contributed by atoms with E-state index in [1.54, 1.807) is 11.3 Å². The van der Waals surface area contributed by atoms with E-state index in [0.29, 0.717) is 11.7 Å². The molecule has 2 heterocycles. The Kier molecular flexibility index (Phi) is 2.80. The monoisotopic (exact) mass is 313 g/mol. The molecule has 0 saturated heterocycles. The number of aromatic nitrogens is 2. The zero-order chi connectivity index (χ0) is 11.9. The Labute approximate surface area is 111 Å². The van der Waals surface area contributed by atoms with Gasteiger partial charge >= 0.3 is 0 Å². The van der Waals surface area contributed by atoms with E-state index in [9.17, 15) is 0 Å². The van der Waals surface area contributed by atoms with Gasteiger partial charge in [0.1, 0.15) is 4.88 Å². The number of nitrogens with zero attached hydrogens (tertiary/aromatic N) is 2. The highest BCUT2D eigenvalue weighted by atomic mass is 79.9. The molecule has 1 aliphatic rings. The highest BCUT2D eigenvalue weighted by molar-refractivity contribution is 9.10. The number of halogens is 1. The molecule has 1 saturated carbocycles. The van der Waals surface area contributed by atoms with Crippen LogP contribution in [0.1, 0.15) is 31.5 Å². The van der Waals surface area contributed by atoms with Crippen LogP contribution in [0.15, 0.2) is 20.4 Å². The van der Waals surface area contributed by atoms with Crippen LogP contribution in [0, 0.1) is 0 Å². The summed E-state index contributed by atoms with van der Waals surface area (Å²) in [7, 11) is 0. The van der Waals surface area contributed by atoms with Crippen LogP contribution in [0.3, 0.4) is 0 Å². The Morgan fingerprint density at radius 3 is 2.82 bits per heavy atom. The van der Waals surface area contributed by atoms with Crippen molar-refractivity contribution in [3.05, 3.63) is 21.7 Å². The van der Waals surface area contributed by atoms with E-state index in [1.165, 1.54) is 0 Å². The van der Waals surface area contributed by atoms with E-state index in [0.717, 1.165) is 35.0 Å². The third-order valence-corrected chi connectivity index (χ3v) is 5.00. The molecule has 3 rings (SSSR count). The van der Waals surface area contributed by atoms with Gasteiger partial charge in [0.2, 0.25) is 0 Å². The summed E-state index contributed by atoms with van der Waals surface area (Å²) >= 11 is 5.03. The van der Waals surface area contributed by atoms with Gasteiger partial charge in [0.25, 0.3) is 5.89 Å². The van der Waals surface area contributed by atoms with Crippen LogP contribution in [0.4, 0.5) is 0 Å². The van der Waals surface area contributed by atoms with Crippen LogP contribution in [0.5, 0.6) is 0 Å². The summed E-state index contributed by atoms with van der Waals surface area (Å²) in [4.78, 5) is 5.41. The molecule has 17 heavy (non-hydrogen) atoms. The lowest BCUT2D eigenvalue weighted by Gasteiger charge is -2.17. The first-order chi connectivity index (χ1) is 8.19. The van der Waals surface area contributed by atoms with Crippen LogP contribution in [-0.2, 0) is 5.54 Å². The Morgan fingerprint density at radius 2 is 2.18 bits per heavy atom. The number of nitrogens with two attached hydrogens (primary N) is 1. The second kappa shape index (κ2) is 4.19. The summed E-state index contributed by atoms with van der Waals surface area (Å²) < 4.78 is 6.29. The van der Waals surface area contributed by atoms with Crippen LogP contribution in [0.2, 0.25) is 0 Å². The molecule has 0 unspecified atom stereocenters. The van der Waals surface area contributed by atoms with Gasteiger partial charge in [-0.3, -0.25) is 0 Å². The molecule has 0 amide bonds. The Hall–Kier alpha value is -0.720. The second-order valence-electron chi connectivity index (χ2n) is 4.38. The van der Waals surface area contributed by atoms with Crippen molar-refractivity contribution < 1.29 is 4.52 Å². The van der Waals surface area contributed by atoms with E-state index in [-0.39, 0.29) is 5.54 Å². The van der Waals surface area contributed by atoms with Crippen LogP contribution >= 0.6 is 27.3 Å².